The first-order chi connectivity index (χ1) is 17.4. The number of sulfonamides is 1. The molecule has 0 saturated carbocycles. The second-order valence-electron chi connectivity index (χ2n) is 8.67. The molecule has 8 nitrogen and oxygen atoms in total. The van der Waals surface area contributed by atoms with Gasteiger partial charge in [-0.15, -0.1) is 0 Å². The van der Waals surface area contributed by atoms with Crippen molar-refractivity contribution in [2.24, 2.45) is 0 Å². The third-order valence-electron chi connectivity index (χ3n) is 5.53. The van der Waals surface area contributed by atoms with E-state index in [2.05, 4.69) is 27.5 Å². The van der Waals surface area contributed by atoms with Crippen molar-refractivity contribution < 1.29 is 23.4 Å². The molecule has 198 valence electrons. The van der Waals surface area contributed by atoms with Crippen molar-refractivity contribution in [2.45, 2.75) is 51.0 Å². The third kappa shape index (κ3) is 12.7. The highest BCUT2D eigenvalue weighted by Gasteiger charge is 2.10. The number of hydrogen-bond acceptors (Lipinski definition) is 6. The molecule has 2 aromatic carbocycles. The van der Waals surface area contributed by atoms with Crippen molar-refractivity contribution in [2.75, 3.05) is 35.5 Å². The van der Waals surface area contributed by atoms with Gasteiger partial charge < -0.3 is 20.8 Å². The Hall–Kier alpha value is -2.88. The summed E-state index contributed by atoms with van der Waals surface area (Å²) in [5.41, 5.74) is 2.01. The number of benzene rings is 2. The monoisotopic (exact) mass is 517 g/mol. The third-order valence-corrected chi connectivity index (χ3v) is 6.90. The average molecular weight is 518 g/mol. The molecule has 0 fully saturated rings. The molecule has 2 aromatic rings. The minimum Gasteiger partial charge on any atom is -0.394 e. The molecule has 0 spiro atoms. The fourth-order valence-electron chi connectivity index (χ4n) is 3.49. The average Bonchev–Trinajstić information content (AvgIpc) is 2.88. The number of carbonyl (C=O) groups is 1. The van der Waals surface area contributed by atoms with Gasteiger partial charge in [0, 0.05) is 30.0 Å². The molecule has 0 aliphatic heterocycles. The summed E-state index contributed by atoms with van der Waals surface area (Å²) in [5, 5.41) is 23.9. The van der Waals surface area contributed by atoms with Crippen molar-refractivity contribution in [3.63, 3.8) is 0 Å². The molecular formula is C27H39N3O5S. The minimum absolute atomic E-state index is 0.0113. The molecule has 0 aliphatic carbocycles. The van der Waals surface area contributed by atoms with Gasteiger partial charge in [-0.25, -0.2) is 8.42 Å². The Balaban J connectivity index is 1.47. The number of aliphatic hydroxyl groups excluding tert-OH is 2. The van der Waals surface area contributed by atoms with Crippen LogP contribution in [0.3, 0.4) is 0 Å². The van der Waals surface area contributed by atoms with Gasteiger partial charge in [-0.05, 0) is 55.7 Å². The van der Waals surface area contributed by atoms with Gasteiger partial charge in [0.2, 0.25) is 10.0 Å². The second-order valence-corrected chi connectivity index (χ2v) is 10.5. The minimum atomic E-state index is -3.28. The quantitative estimate of drug-likeness (QED) is 0.151. The molecule has 0 aromatic heterocycles. The van der Waals surface area contributed by atoms with Crippen LogP contribution in [0.5, 0.6) is 0 Å². The SMILES string of the molecule is O=C(NCC(O)CO)c1ccc(NCC=CCCCCCCCCS(=O)(=O)Nc2ccccc2)cc1. The summed E-state index contributed by atoms with van der Waals surface area (Å²) >= 11 is 0. The maximum absolute atomic E-state index is 12.1. The molecule has 1 unspecified atom stereocenters. The molecule has 0 heterocycles. The zero-order valence-corrected chi connectivity index (χ0v) is 21.6. The van der Waals surface area contributed by atoms with E-state index >= 15 is 0 Å². The van der Waals surface area contributed by atoms with Crippen molar-refractivity contribution in [3.8, 4) is 0 Å². The van der Waals surface area contributed by atoms with E-state index in [0.29, 0.717) is 24.2 Å². The summed E-state index contributed by atoms with van der Waals surface area (Å²) < 4.78 is 26.8. The highest BCUT2D eigenvalue weighted by atomic mass is 32.2. The molecule has 0 bridgehead atoms. The van der Waals surface area contributed by atoms with Gasteiger partial charge in [-0.2, -0.15) is 0 Å². The van der Waals surface area contributed by atoms with Gasteiger partial charge in [-0.3, -0.25) is 9.52 Å². The number of hydrogen-bond donors (Lipinski definition) is 5. The standard InChI is InChI=1S/C27H39N3O5S/c31-22-26(32)21-29-27(33)23-15-17-24(18-16-23)28-19-11-6-4-2-1-3-5-7-12-20-36(34,35)30-25-13-9-8-10-14-25/h6,8-11,13-18,26,28,30-32H,1-5,7,12,19-22H2,(H,29,33). The Kier molecular flexibility index (Phi) is 13.6. The van der Waals surface area contributed by atoms with E-state index in [1.54, 1.807) is 24.3 Å². The first-order valence-electron chi connectivity index (χ1n) is 12.5. The van der Waals surface area contributed by atoms with E-state index in [0.717, 1.165) is 44.2 Å². The van der Waals surface area contributed by atoms with Crippen LogP contribution in [0, 0.1) is 0 Å². The van der Waals surface area contributed by atoms with E-state index < -0.39 is 16.1 Å². The maximum Gasteiger partial charge on any atom is 0.251 e. The Bertz CT molecular complexity index is 1010. The Morgan fingerprint density at radius 2 is 1.53 bits per heavy atom. The van der Waals surface area contributed by atoms with Crippen LogP contribution in [0.1, 0.15) is 55.3 Å². The van der Waals surface area contributed by atoms with Crippen LogP contribution in [0.15, 0.2) is 66.7 Å². The summed E-state index contributed by atoms with van der Waals surface area (Å²) in [7, 11) is -3.28. The smallest absolute Gasteiger partial charge is 0.251 e. The predicted octanol–water partition coefficient (Wildman–Crippen LogP) is 3.91. The fourth-order valence-corrected chi connectivity index (χ4v) is 4.67. The second kappa shape index (κ2) is 16.7. The van der Waals surface area contributed by atoms with E-state index in [1.807, 2.05) is 30.3 Å². The van der Waals surface area contributed by atoms with Crippen LogP contribution >= 0.6 is 0 Å². The molecular weight excluding hydrogens is 478 g/mol. The number of unbranched alkanes of at least 4 members (excludes halogenated alkanes) is 6. The zero-order chi connectivity index (χ0) is 26.1. The molecule has 5 N–H and O–H groups in total. The van der Waals surface area contributed by atoms with Crippen LogP contribution in [-0.2, 0) is 10.0 Å². The van der Waals surface area contributed by atoms with Crippen LogP contribution in [0.4, 0.5) is 11.4 Å². The number of nitrogens with one attached hydrogen (secondary N) is 3. The zero-order valence-electron chi connectivity index (χ0n) is 20.7. The Morgan fingerprint density at radius 1 is 0.861 bits per heavy atom. The summed E-state index contributed by atoms with van der Waals surface area (Å²) in [6.07, 6.45) is 10.3. The number of allylic oxidation sites excluding steroid dienone is 1. The number of carbonyl (C=O) groups excluding carboxylic acids is 1. The largest absolute Gasteiger partial charge is 0.394 e. The van der Waals surface area contributed by atoms with Crippen molar-refractivity contribution >= 4 is 27.3 Å². The van der Waals surface area contributed by atoms with Gasteiger partial charge in [0.25, 0.3) is 5.91 Å². The first-order valence-corrected chi connectivity index (χ1v) is 14.2. The van der Waals surface area contributed by atoms with E-state index in [9.17, 15) is 18.3 Å². The molecule has 2 rings (SSSR count). The molecule has 1 amide bonds. The molecule has 0 saturated heterocycles. The van der Waals surface area contributed by atoms with Crippen LogP contribution in [0.25, 0.3) is 0 Å². The lowest BCUT2D eigenvalue weighted by atomic mass is 10.1. The van der Waals surface area contributed by atoms with Gasteiger partial charge in [0.1, 0.15) is 0 Å². The molecule has 1 atom stereocenters. The number of amides is 1. The predicted molar refractivity (Wildman–Crippen MR) is 146 cm³/mol. The Labute approximate surface area is 214 Å². The van der Waals surface area contributed by atoms with Crippen molar-refractivity contribution in [1.29, 1.82) is 0 Å². The summed E-state index contributed by atoms with van der Waals surface area (Å²) in [6.45, 7) is 0.315. The van der Waals surface area contributed by atoms with E-state index in [1.165, 1.54) is 0 Å². The van der Waals surface area contributed by atoms with Gasteiger partial charge in [0.05, 0.1) is 18.5 Å². The number of anilines is 2. The molecule has 0 radical (unpaired) electrons. The van der Waals surface area contributed by atoms with E-state index in [4.69, 9.17) is 5.11 Å². The lowest BCUT2D eigenvalue weighted by molar-refractivity contribution is 0.0802. The van der Waals surface area contributed by atoms with Crippen LogP contribution < -0.4 is 15.4 Å². The molecule has 9 heteroatoms. The Morgan fingerprint density at radius 3 is 2.22 bits per heavy atom. The normalized spacial score (nSPS) is 12.4. The summed E-state index contributed by atoms with van der Waals surface area (Å²) in [5.74, 6) is -0.137. The van der Waals surface area contributed by atoms with Crippen molar-refractivity contribution in [1.82, 2.24) is 5.32 Å². The topological polar surface area (TPSA) is 128 Å². The summed E-state index contributed by atoms with van der Waals surface area (Å²) in [6, 6.07) is 16.0. The lowest BCUT2D eigenvalue weighted by Gasteiger charge is -2.09. The molecule has 0 aliphatic rings. The lowest BCUT2D eigenvalue weighted by Crippen LogP contribution is -2.33. The number of para-hydroxylation sites is 1. The van der Waals surface area contributed by atoms with Crippen LogP contribution in [0.2, 0.25) is 0 Å². The highest BCUT2D eigenvalue weighted by Crippen LogP contribution is 2.12. The highest BCUT2D eigenvalue weighted by molar-refractivity contribution is 7.92. The van der Waals surface area contributed by atoms with Gasteiger partial charge >= 0.3 is 0 Å². The first kappa shape index (κ1) is 29.4. The number of aliphatic hydroxyl groups is 2. The van der Waals surface area contributed by atoms with Crippen LogP contribution in [-0.4, -0.2) is 56.1 Å². The number of rotatable bonds is 18. The van der Waals surface area contributed by atoms with Gasteiger partial charge in [0.15, 0.2) is 0 Å². The molecule has 36 heavy (non-hydrogen) atoms. The van der Waals surface area contributed by atoms with E-state index in [-0.39, 0.29) is 24.8 Å². The summed E-state index contributed by atoms with van der Waals surface area (Å²) in [4.78, 5) is 12.0. The maximum atomic E-state index is 12.1. The van der Waals surface area contributed by atoms with Gasteiger partial charge in [-0.1, -0.05) is 56.0 Å². The fraction of sp³-hybridized carbons (Fsp3) is 0.444. The van der Waals surface area contributed by atoms with Crippen molar-refractivity contribution in [3.05, 3.63) is 72.3 Å².